The van der Waals surface area contributed by atoms with E-state index in [4.69, 9.17) is 10.2 Å². The topological polar surface area (TPSA) is 57.5 Å². The van der Waals surface area contributed by atoms with Crippen molar-refractivity contribution >= 4 is 6.29 Å². The van der Waals surface area contributed by atoms with Crippen molar-refractivity contribution < 1.29 is 15.0 Å². The summed E-state index contributed by atoms with van der Waals surface area (Å²) >= 11 is 0. The Morgan fingerprint density at radius 1 is 1.45 bits per heavy atom. The van der Waals surface area contributed by atoms with Crippen LogP contribution in [0.2, 0.25) is 0 Å². The van der Waals surface area contributed by atoms with Gasteiger partial charge in [-0.1, -0.05) is 13.8 Å². The van der Waals surface area contributed by atoms with E-state index in [1.807, 2.05) is 0 Å². The Morgan fingerprint density at radius 3 is 1.91 bits per heavy atom. The maximum Gasteiger partial charge on any atom is 0.150 e. The van der Waals surface area contributed by atoms with Gasteiger partial charge in [-0.25, -0.2) is 0 Å². The van der Waals surface area contributed by atoms with Gasteiger partial charge in [0, 0.05) is 0 Å². The first-order valence-electron chi connectivity index (χ1n) is 3.78. The standard InChI is InChI=1S/C5H11.C3H6O3/c1-3-5-4-2;4-1-3(6)2-5/h5H,3-4H2,1-2H3;1,3,5-6H,2H2/q-1;. The summed E-state index contributed by atoms with van der Waals surface area (Å²) in [5, 5.41) is 15.9. The molecule has 0 aliphatic rings. The highest BCUT2D eigenvalue weighted by Gasteiger charge is 1.92. The Bertz CT molecular complexity index is 71.7. The van der Waals surface area contributed by atoms with E-state index >= 15 is 0 Å². The van der Waals surface area contributed by atoms with E-state index in [1.165, 1.54) is 12.8 Å². The van der Waals surface area contributed by atoms with Crippen LogP contribution in [-0.2, 0) is 4.79 Å². The summed E-state index contributed by atoms with van der Waals surface area (Å²) in [5.41, 5.74) is 0. The Balaban J connectivity index is 0. The Labute approximate surface area is 68.0 Å². The molecular formula is C8H17O3-. The molecule has 68 valence electrons. The van der Waals surface area contributed by atoms with E-state index in [1.54, 1.807) is 0 Å². The maximum absolute atomic E-state index is 9.33. The van der Waals surface area contributed by atoms with Gasteiger partial charge in [0.25, 0.3) is 0 Å². The van der Waals surface area contributed by atoms with Gasteiger partial charge in [0.15, 0.2) is 6.29 Å². The first-order valence-corrected chi connectivity index (χ1v) is 3.78. The lowest BCUT2D eigenvalue weighted by atomic mass is 10.3. The highest BCUT2D eigenvalue weighted by atomic mass is 16.3. The fraction of sp³-hybridized carbons (Fsp3) is 0.750. The molecule has 0 fully saturated rings. The molecule has 0 aliphatic heterocycles. The molecule has 1 atom stereocenters. The number of carbonyl (C=O) groups excluding carboxylic acids is 1. The van der Waals surface area contributed by atoms with Crippen LogP contribution >= 0.6 is 0 Å². The highest BCUT2D eigenvalue weighted by molar-refractivity contribution is 5.55. The first-order chi connectivity index (χ1) is 5.22. The van der Waals surface area contributed by atoms with Crippen molar-refractivity contribution in [2.45, 2.75) is 32.8 Å². The molecule has 0 aromatic rings. The molecule has 0 aliphatic carbocycles. The van der Waals surface area contributed by atoms with Crippen molar-refractivity contribution in [2.24, 2.45) is 0 Å². The average molecular weight is 161 g/mol. The van der Waals surface area contributed by atoms with Gasteiger partial charge in [0.1, 0.15) is 6.10 Å². The van der Waals surface area contributed by atoms with Gasteiger partial charge in [0.05, 0.1) is 6.61 Å². The molecule has 2 N–H and O–H groups in total. The molecule has 0 aromatic heterocycles. The second-order valence-corrected chi connectivity index (χ2v) is 1.99. The van der Waals surface area contributed by atoms with Crippen LogP contribution in [0.5, 0.6) is 0 Å². The van der Waals surface area contributed by atoms with Gasteiger partial charge in [-0.05, 0) is 0 Å². The summed E-state index contributed by atoms with van der Waals surface area (Å²) in [6.45, 7) is 3.83. The summed E-state index contributed by atoms with van der Waals surface area (Å²) < 4.78 is 0. The lowest BCUT2D eigenvalue weighted by Gasteiger charge is -1.95. The monoisotopic (exact) mass is 161 g/mol. The van der Waals surface area contributed by atoms with Gasteiger partial charge in [-0.3, -0.25) is 0 Å². The number of aliphatic hydroxyl groups is 2. The zero-order chi connectivity index (χ0) is 9.11. The molecular weight excluding hydrogens is 144 g/mol. The minimum atomic E-state index is -1.19. The third-order valence-corrected chi connectivity index (χ3v) is 0.921. The van der Waals surface area contributed by atoms with E-state index in [9.17, 15) is 4.79 Å². The summed E-state index contributed by atoms with van der Waals surface area (Å²) in [6.07, 6.45) is 3.78. The van der Waals surface area contributed by atoms with E-state index in [0.717, 1.165) is 0 Å². The van der Waals surface area contributed by atoms with E-state index in [-0.39, 0.29) is 6.29 Å². The van der Waals surface area contributed by atoms with Crippen molar-refractivity contribution in [1.82, 2.24) is 0 Å². The Morgan fingerprint density at radius 2 is 1.91 bits per heavy atom. The minimum Gasteiger partial charge on any atom is -0.393 e. The van der Waals surface area contributed by atoms with Gasteiger partial charge in [-0.2, -0.15) is 12.8 Å². The first kappa shape index (κ1) is 13.2. The van der Waals surface area contributed by atoms with E-state index < -0.39 is 12.7 Å². The molecule has 0 heterocycles. The molecule has 0 saturated carbocycles. The predicted molar refractivity (Wildman–Crippen MR) is 44.0 cm³/mol. The number of hydrogen-bond acceptors (Lipinski definition) is 3. The summed E-state index contributed by atoms with van der Waals surface area (Å²) in [5.74, 6) is 0. The molecule has 0 bridgehead atoms. The van der Waals surface area contributed by atoms with Crippen molar-refractivity contribution in [2.75, 3.05) is 6.61 Å². The number of carbonyl (C=O) groups is 1. The van der Waals surface area contributed by atoms with Gasteiger partial charge >= 0.3 is 0 Å². The second-order valence-electron chi connectivity index (χ2n) is 1.99. The minimum absolute atomic E-state index is 0.278. The smallest absolute Gasteiger partial charge is 0.150 e. The maximum atomic E-state index is 9.33. The van der Waals surface area contributed by atoms with Crippen LogP contribution in [0.15, 0.2) is 0 Å². The molecule has 0 amide bonds. The number of rotatable bonds is 4. The molecule has 0 spiro atoms. The highest BCUT2D eigenvalue weighted by Crippen LogP contribution is 1.86. The fourth-order valence-corrected chi connectivity index (χ4v) is 0.332. The van der Waals surface area contributed by atoms with Crippen molar-refractivity contribution in [3.8, 4) is 0 Å². The normalized spacial score (nSPS) is 11.3. The number of aldehydes is 1. The van der Waals surface area contributed by atoms with Crippen molar-refractivity contribution in [3.63, 3.8) is 0 Å². The number of unbranched alkanes of at least 4 members (excludes halogenated alkanes) is 2. The van der Waals surface area contributed by atoms with Crippen molar-refractivity contribution in [1.29, 1.82) is 0 Å². The molecule has 11 heavy (non-hydrogen) atoms. The molecule has 0 radical (unpaired) electrons. The fourth-order valence-electron chi connectivity index (χ4n) is 0.332. The van der Waals surface area contributed by atoms with Gasteiger partial charge < -0.3 is 21.4 Å². The van der Waals surface area contributed by atoms with Crippen LogP contribution < -0.4 is 0 Å². The van der Waals surface area contributed by atoms with Crippen molar-refractivity contribution in [3.05, 3.63) is 6.42 Å². The van der Waals surface area contributed by atoms with Crippen LogP contribution in [0, 0.1) is 6.42 Å². The number of aliphatic hydroxyl groups excluding tert-OH is 2. The third-order valence-electron chi connectivity index (χ3n) is 0.921. The quantitative estimate of drug-likeness (QED) is 0.467. The summed E-state index contributed by atoms with van der Waals surface area (Å²) in [6, 6.07) is 0. The lowest BCUT2D eigenvalue weighted by Crippen LogP contribution is -2.12. The zero-order valence-corrected chi connectivity index (χ0v) is 7.16. The molecule has 3 heteroatoms. The number of hydrogen-bond donors (Lipinski definition) is 2. The van der Waals surface area contributed by atoms with Crippen LogP contribution in [0.1, 0.15) is 26.7 Å². The third kappa shape index (κ3) is 17.7. The SMILES string of the molecule is CC[CH-]CC.O=CC(O)CO. The molecule has 0 rings (SSSR count). The predicted octanol–water partition coefficient (Wildman–Crippen LogP) is 0.549. The molecule has 0 aromatic carbocycles. The van der Waals surface area contributed by atoms with E-state index in [2.05, 4.69) is 20.3 Å². The van der Waals surface area contributed by atoms with Crippen LogP contribution in [-0.4, -0.2) is 29.2 Å². The largest absolute Gasteiger partial charge is 0.393 e. The van der Waals surface area contributed by atoms with Crippen LogP contribution in [0.3, 0.4) is 0 Å². The average Bonchev–Trinajstić information content (AvgIpc) is 2.06. The van der Waals surface area contributed by atoms with E-state index in [0.29, 0.717) is 0 Å². The van der Waals surface area contributed by atoms with Gasteiger partial charge in [-0.15, -0.1) is 0 Å². The summed E-state index contributed by atoms with van der Waals surface area (Å²) in [7, 11) is 0. The summed E-state index contributed by atoms with van der Waals surface area (Å²) in [4.78, 5) is 9.33. The molecule has 1 unspecified atom stereocenters. The van der Waals surface area contributed by atoms with Gasteiger partial charge in [0.2, 0.25) is 0 Å². The Kier molecular flexibility index (Phi) is 14.7. The van der Waals surface area contributed by atoms with Crippen LogP contribution in [0.4, 0.5) is 0 Å². The molecule has 0 saturated heterocycles. The van der Waals surface area contributed by atoms with Crippen LogP contribution in [0.25, 0.3) is 0 Å². The second kappa shape index (κ2) is 12.3. The lowest BCUT2D eigenvalue weighted by molar-refractivity contribution is -0.116. The Hall–Kier alpha value is -0.410. The zero-order valence-electron chi connectivity index (χ0n) is 7.16. The molecule has 3 nitrogen and oxygen atoms in total.